The summed E-state index contributed by atoms with van der Waals surface area (Å²) in [6, 6.07) is 11.4. The number of hydrogen-bond donors (Lipinski definition) is 1. The van der Waals surface area contributed by atoms with Crippen LogP contribution < -0.4 is 4.72 Å². The van der Waals surface area contributed by atoms with E-state index in [9.17, 15) is 22.5 Å². The zero-order chi connectivity index (χ0) is 22.5. The molecule has 0 aliphatic rings. The molecule has 0 bridgehead atoms. The number of esters is 1. The van der Waals surface area contributed by atoms with Crippen molar-refractivity contribution in [3.63, 3.8) is 0 Å². The van der Waals surface area contributed by atoms with E-state index in [0.717, 1.165) is 12.1 Å². The van der Waals surface area contributed by atoms with Gasteiger partial charge in [0.05, 0.1) is 24.6 Å². The van der Waals surface area contributed by atoms with Crippen molar-refractivity contribution in [1.82, 2.24) is 4.72 Å². The van der Waals surface area contributed by atoms with Crippen molar-refractivity contribution < 1.29 is 27.3 Å². The molecule has 30 heavy (non-hydrogen) atoms. The van der Waals surface area contributed by atoms with E-state index < -0.39 is 39.9 Å². The highest BCUT2D eigenvalue weighted by atomic mass is 32.2. The Labute approximate surface area is 178 Å². The Morgan fingerprint density at radius 1 is 1.10 bits per heavy atom. The van der Waals surface area contributed by atoms with Gasteiger partial charge in [0.1, 0.15) is 4.75 Å². The second-order valence-electron chi connectivity index (χ2n) is 7.77. The minimum Gasteiger partial charge on any atom is -0.598 e. The standard InChI is InChI=1S/C22H26F3NO3S/c1-5-29-20(27)14-19(26-30(28)21(2,3)4)17-11-16(15-9-7-6-8-10-15)12-18(13-17)22(23,24)25/h6-13,19,26H,5,14H2,1-4H3/t19-,30+/m0/s1. The molecule has 0 radical (unpaired) electrons. The second-order valence-corrected chi connectivity index (χ2v) is 9.77. The zero-order valence-electron chi connectivity index (χ0n) is 17.4. The molecule has 2 rings (SSSR count). The highest BCUT2D eigenvalue weighted by molar-refractivity contribution is 7.90. The van der Waals surface area contributed by atoms with Gasteiger partial charge in [0.25, 0.3) is 0 Å². The fourth-order valence-corrected chi connectivity index (χ4v) is 3.57. The van der Waals surface area contributed by atoms with Crippen LogP contribution in [0.2, 0.25) is 0 Å². The van der Waals surface area contributed by atoms with Crippen molar-refractivity contribution in [2.24, 2.45) is 0 Å². The molecule has 0 aliphatic carbocycles. The van der Waals surface area contributed by atoms with E-state index >= 15 is 0 Å². The smallest absolute Gasteiger partial charge is 0.416 e. The van der Waals surface area contributed by atoms with Crippen LogP contribution in [-0.4, -0.2) is 21.9 Å². The van der Waals surface area contributed by atoms with Crippen LogP contribution in [0.5, 0.6) is 0 Å². The molecule has 2 atom stereocenters. The molecule has 0 aliphatic heterocycles. The average molecular weight is 442 g/mol. The highest BCUT2D eigenvalue weighted by Gasteiger charge is 2.35. The maximum atomic E-state index is 13.6. The van der Waals surface area contributed by atoms with Crippen LogP contribution in [0.4, 0.5) is 13.2 Å². The lowest BCUT2D eigenvalue weighted by atomic mass is 9.95. The molecule has 0 fully saturated rings. The number of hydrogen-bond acceptors (Lipinski definition) is 4. The molecule has 2 aromatic rings. The first-order chi connectivity index (χ1) is 13.9. The molecule has 164 valence electrons. The quantitative estimate of drug-likeness (QED) is 0.460. The second kappa shape index (κ2) is 9.85. The molecule has 0 saturated heterocycles. The summed E-state index contributed by atoms with van der Waals surface area (Å²) in [5, 5.41) is 0. The van der Waals surface area contributed by atoms with Crippen molar-refractivity contribution >= 4 is 17.3 Å². The first kappa shape index (κ1) is 24.2. The van der Waals surface area contributed by atoms with Crippen LogP contribution in [-0.2, 0) is 27.1 Å². The van der Waals surface area contributed by atoms with Crippen LogP contribution in [0, 0.1) is 0 Å². The molecule has 1 N–H and O–H groups in total. The molecule has 0 saturated carbocycles. The molecule has 2 aromatic carbocycles. The third-order valence-corrected chi connectivity index (χ3v) is 5.88. The number of nitrogens with one attached hydrogen (secondary N) is 1. The van der Waals surface area contributed by atoms with E-state index in [1.165, 1.54) is 0 Å². The van der Waals surface area contributed by atoms with E-state index in [1.807, 2.05) is 0 Å². The fraction of sp³-hybridized carbons (Fsp3) is 0.409. The van der Waals surface area contributed by atoms with Gasteiger partial charge < -0.3 is 9.29 Å². The molecule has 0 amide bonds. The van der Waals surface area contributed by atoms with Gasteiger partial charge in [-0.1, -0.05) is 30.3 Å². The normalized spacial score (nSPS) is 14.3. The zero-order valence-corrected chi connectivity index (χ0v) is 18.2. The van der Waals surface area contributed by atoms with Crippen LogP contribution in [0.25, 0.3) is 11.1 Å². The number of rotatable bonds is 7. The van der Waals surface area contributed by atoms with Gasteiger partial charge in [0.2, 0.25) is 0 Å². The Hall–Kier alpha value is -2.03. The van der Waals surface area contributed by atoms with Gasteiger partial charge in [-0.3, -0.25) is 4.79 Å². The van der Waals surface area contributed by atoms with Crippen LogP contribution in [0.3, 0.4) is 0 Å². The van der Waals surface area contributed by atoms with Crippen molar-refractivity contribution in [1.29, 1.82) is 0 Å². The highest BCUT2D eigenvalue weighted by Crippen LogP contribution is 2.36. The summed E-state index contributed by atoms with van der Waals surface area (Å²) in [5.74, 6) is -0.584. The predicted molar refractivity (Wildman–Crippen MR) is 112 cm³/mol. The summed E-state index contributed by atoms with van der Waals surface area (Å²) in [7, 11) is 0. The first-order valence-corrected chi connectivity index (χ1v) is 10.7. The van der Waals surface area contributed by atoms with Gasteiger partial charge in [-0.15, -0.1) is 4.72 Å². The summed E-state index contributed by atoms with van der Waals surface area (Å²) in [6.45, 7) is 6.99. The number of carbonyl (C=O) groups is 1. The average Bonchev–Trinajstić information content (AvgIpc) is 2.66. The third-order valence-electron chi connectivity index (χ3n) is 4.27. The fourth-order valence-electron chi connectivity index (χ4n) is 2.73. The van der Waals surface area contributed by atoms with Crippen molar-refractivity contribution in [3.8, 4) is 11.1 Å². The lowest BCUT2D eigenvalue weighted by molar-refractivity contribution is -0.143. The maximum Gasteiger partial charge on any atom is 0.416 e. The topological polar surface area (TPSA) is 61.4 Å². The molecule has 8 heteroatoms. The van der Waals surface area contributed by atoms with Gasteiger partial charge >= 0.3 is 12.1 Å². The number of ether oxygens (including phenoxy) is 1. The van der Waals surface area contributed by atoms with Crippen LogP contribution >= 0.6 is 0 Å². The summed E-state index contributed by atoms with van der Waals surface area (Å²) in [4.78, 5) is 12.1. The summed E-state index contributed by atoms with van der Waals surface area (Å²) in [5.41, 5.74) is 0.347. The SMILES string of the molecule is CCOC(=O)C[C@H](N[S@+]([O-])C(C)(C)C)c1cc(-c2ccccc2)cc(C(F)(F)F)c1. The predicted octanol–water partition coefficient (Wildman–Crippen LogP) is 5.42. The van der Waals surface area contributed by atoms with E-state index in [1.54, 1.807) is 64.1 Å². The van der Waals surface area contributed by atoms with Crippen molar-refractivity contribution in [3.05, 3.63) is 59.7 Å². The Kier molecular flexibility index (Phi) is 7.96. The summed E-state index contributed by atoms with van der Waals surface area (Å²) < 4.78 is 60.5. The van der Waals surface area contributed by atoms with Gasteiger partial charge in [-0.05, 0) is 62.6 Å². The Morgan fingerprint density at radius 2 is 1.73 bits per heavy atom. The number of benzene rings is 2. The molecule has 4 nitrogen and oxygen atoms in total. The van der Waals surface area contributed by atoms with E-state index in [0.29, 0.717) is 11.1 Å². The Morgan fingerprint density at radius 3 is 2.27 bits per heavy atom. The van der Waals surface area contributed by atoms with Gasteiger partial charge in [-0.2, -0.15) is 13.2 Å². The third kappa shape index (κ3) is 6.75. The van der Waals surface area contributed by atoms with Crippen LogP contribution in [0.15, 0.2) is 48.5 Å². The molecule has 0 spiro atoms. The lowest BCUT2D eigenvalue weighted by Gasteiger charge is -2.28. The molecular weight excluding hydrogens is 415 g/mol. The minimum atomic E-state index is -4.57. The molecule has 0 aromatic heterocycles. The largest absolute Gasteiger partial charge is 0.598 e. The number of alkyl halides is 3. The van der Waals surface area contributed by atoms with Crippen LogP contribution in [0.1, 0.15) is 51.3 Å². The van der Waals surface area contributed by atoms with Gasteiger partial charge in [0.15, 0.2) is 0 Å². The van der Waals surface area contributed by atoms with Crippen molar-refractivity contribution in [2.75, 3.05) is 6.61 Å². The molecule has 0 unspecified atom stereocenters. The Balaban J connectivity index is 2.55. The summed E-state index contributed by atoms with van der Waals surface area (Å²) in [6.07, 6.45) is -4.82. The van der Waals surface area contributed by atoms with E-state index in [-0.39, 0.29) is 18.6 Å². The summed E-state index contributed by atoms with van der Waals surface area (Å²) >= 11 is -1.61. The van der Waals surface area contributed by atoms with Gasteiger partial charge in [0, 0.05) is 11.4 Å². The monoisotopic (exact) mass is 441 g/mol. The minimum absolute atomic E-state index is 0.145. The first-order valence-electron chi connectivity index (χ1n) is 9.53. The van der Waals surface area contributed by atoms with Gasteiger partial charge in [-0.25, -0.2) is 0 Å². The molecular formula is C22H26F3NO3S. The van der Waals surface area contributed by atoms with E-state index in [4.69, 9.17) is 4.74 Å². The number of carbonyl (C=O) groups excluding carboxylic acids is 1. The number of halogens is 3. The lowest BCUT2D eigenvalue weighted by Crippen LogP contribution is -2.42. The van der Waals surface area contributed by atoms with E-state index in [2.05, 4.69) is 4.72 Å². The van der Waals surface area contributed by atoms with Crippen molar-refractivity contribution in [2.45, 2.75) is 51.1 Å². The molecule has 0 heterocycles. The maximum absolute atomic E-state index is 13.6. The Bertz CT molecular complexity index is 851.